The van der Waals surface area contributed by atoms with Crippen LogP contribution in [0.5, 0.6) is 0 Å². The highest BCUT2D eigenvalue weighted by Gasteiger charge is 2.17. The first-order valence-electron chi connectivity index (χ1n) is 6.59. The van der Waals surface area contributed by atoms with Crippen molar-refractivity contribution >= 4 is 17.2 Å². The molecule has 1 heterocycles. The highest BCUT2D eigenvalue weighted by Crippen LogP contribution is 2.21. The van der Waals surface area contributed by atoms with Gasteiger partial charge in [0.2, 0.25) is 0 Å². The number of carbonyl (C=O) groups excluding carboxylic acids is 1. The molecule has 0 bridgehead atoms. The molecular weight excluding hydrogens is 256 g/mol. The average molecular weight is 278 g/mol. The van der Waals surface area contributed by atoms with Crippen molar-refractivity contribution in [1.29, 1.82) is 0 Å². The van der Waals surface area contributed by atoms with Crippen molar-refractivity contribution in [2.75, 3.05) is 6.54 Å². The minimum absolute atomic E-state index is 0.00514. The normalized spacial score (nSPS) is 11.9. The number of hydrogen-bond donors (Lipinski definition) is 2. The van der Waals surface area contributed by atoms with Crippen molar-refractivity contribution in [3.05, 3.63) is 21.4 Å². The van der Waals surface area contributed by atoms with Crippen LogP contribution < -0.4 is 11.1 Å². The Morgan fingerprint density at radius 3 is 2.74 bits per heavy atom. The van der Waals surface area contributed by atoms with Crippen LogP contribution >= 0.6 is 11.3 Å². The van der Waals surface area contributed by atoms with Gasteiger partial charge in [-0.1, -0.05) is 32.6 Å². The summed E-state index contributed by atoms with van der Waals surface area (Å²) in [6.07, 6.45) is 0.938. The van der Waals surface area contributed by atoms with Gasteiger partial charge in [-0.3, -0.25) is 4.79 Å². The van der Waals surface area contributed by atoms with Crippen LogP contribution in [-0.4, -0.2) is 18.5 Å². The average Bonchev–Trinajstić information content (AvgIpc) is 2.74. The lowest BCUT2D eigenvalue weighted by atomic mass is 10.0. The van der Waals surface area contributed by atoms with Crippen molar-refractivity contribution < 1.29 is 4.79 Å². The predicted molar refractivity (Wildman–Crippen MR) is 81.4 cm³/mol. The zero-order valence-electron chi connectivity index (χ0n) is 12.0. The molecule has 3 nitrogen and oxygen atoms in total. The Hall–Kier alpha value is -1.31. The molecule has 0 radical (unpaired) electrons. The van der Waals surface area contributed by atoms with Crippen molar-refractivity contribution in [2.24, 2.45) is 11.7 Å². The van der Waals surface area contributed by atoms with Crippen molar-refractivity contribution in [3.63, 3.8) is 0 Å². The molecule has 0 aliphatic rings. The maximum Gasteiger partial charge on any atom is 0.261 e. The lowest BCUT2D eigenvalue weighted by Crippen LogP contribution is -2.37. The second-order valence-corrected chi connectivity index (χ2v) is 5.91. The van der Waals surface area contributed by atoms with Gasteiger partial charge in [0, 0.05) is 6.04 Å². The monoisotopic (exact) mass is 278 g/mol. The molecule has 1 unspecified atom stereocenters. The fraction of sp³-hybridized carbons (Fsp3) is 0.533. The van der Waals surface area contributed by atoms with Crippen LogP contribution in [0, 0.1) is 24.7 Å². The van der Waals surface area contributed by atoms with Gasteiger partial charge in [0.25, 0.3) is 5.91 Å². The molecule has 0 saturated heterocycles. The van der Waals surface area contributed by atoms with E-state index in [2.05, 4.69) is 37.9 Å². The largest absolute Gasteiger partial charge is 0.348 e. The Morgan fingerprint density at radius 2 is 2.21 bits per heavy atom. The summed E-state index contributed by atoms with van der Waals surface area (Å²) in [7, 11) is 0. The standard InChI is InChI=1S/C15H22N2OS/c1-5-12(10(2)3)17-15(18)14-9-11(4)13(19-14)7-6-8-16/h9-10,12H,5,8,16H2,1-4H3,(H,17,18). The Labute approximate surface area is 119 Å². The van der Waals surface area contributed by atoms with E-state index >= 15 is 0 Å². The van der Waals surface area contributed by atoms with Gasteiger partial charge in [0.1, 0.15) is 0 Å². The van der Waals surface area contributed by atoms with Crippen molar-refractivity contribution in [3.8, 4) is 11.8 Å². The van der Waals surface area contributed by atoms with Crippen LogP contribution in [0.4, 0.5) is 0 Å². The van der Waals surface area contributed by atoms with Crippen LogP contribution in [-0.2, 0) is 0 Å². The van der Waals surface area contributed by atoms with Crippen LogP contribution in [0.1, 0.15) is 47.3 Å². The Balaban J connectivity index is 2.83. The van der Waals surface area contributed by atoms with E-state index in [9.17, 15) is 4.79 Å². The molecule has 104 valence electrons. The maximum absolute atomic E-state index is 12.2. The van der Waals surface area contributed by atoms with Gasteiger partial charge in [-0.25, -0.2) is 0 Å². The lowest BCUT2D eigenvalue weighted by molar-refractivity contribution is 0.0928. The summed E-state index contributed by atoms with van der Waals surface area (Å²) < 4.78 is 0. The minimum atomic E-state index is -0.00514. The molecular formula is C15H22N2OS. The van der Waals surface area contributed by atoms with E-state index in [0.717, 1.165) is 21.7 Å². The molecule has 0 spiro atoms. The highest BCUT2D eigenvalue weighted by atomic mass is 32.1. The third-order valence-electron chi connectivity index (χ3n) is 3.01. The number of carbonyl (C=O) groups is 1. The summed E-state index contributed by atoms with van der Waals surface area (Å²) in [4.78, 5) is 13.8. The summed E-state index contributed by atoms with van der Waals surface area (Å²) in [5, 5.41) is 3.08. The van der Waals surface area contributed by atoms with E-state index in [4.69, 9.17) is 5.73 Å². The molecule has 1 aromatic rings. The predicted octanol–water partition coefficient (Wildman–Crippen LogP) is 2.53. The van der Waals surface area contributed by atoms with Crippen LogP contribution in [0.3, 0.4) is 0 Å². The lowest BCUT2D eigenvalue weighted by Gasteiger charge is -2.20. The van der Waals surface area contributed by atoms with Gasteiger partial charge in [-0.15, -0.1) is 11.3 Å². The summed E-state index contributed by atoms with van der Waals surface area (Å²) >= 11 is 1.43. The molecule has 0 saturated carbocycles. The number of nitrogens with one attached hydrogen (secondary N) is 1. The first-order valence-corrected chi connectivity index (χ1v) is 7.41. The van der Waals surface area contributed by atoms with Gasteiger partial charge in [0.15, 0.2) is 0 Å². The molecule has 3 N–H and O–H groups in total. The van der Waals surface area contributed by atoms with Gasteiger partial charge < -0.3 is 11.1 Å². The molecule has 19 heavy (non-hydrogen) atoms. The minimum Gasteiger partial charge on any atom is -0.348 e. The van der Waals surface area contributed by atoms with Gasteiger partial charge >= 0.3 is 0 Å². The van der Waals surface area contributed by atoms with Crippen LogP contribution in [0.25, 0.3) is 0 Å². The number of amides is 1. The summed E-state index contributed by atoms with van der Waals surface area (Å²) in [6, 6.07) is 2.11. The Bertz CT molecular complexity index is 494. The third kappa shape index (κ3) is 4.38. The number of thiophene rings is 1. The highest BCUT2D eigenvalue weighted by molar-refractivity contribution is 7.14. The quantitative estimate of drug-likeness (QED) is 0.832. The number of rotatable bonds is 4. The topological polar surface area (TPSA) is 55.1 Å². The summed E-state index contributed by atoms with van der Waals surface area (Å²) in [5.74, 6) is 6.26. The molecule has 1 aromatic heterocycles. The number of aryl methyl sites for hydroxylation is 1. The second-order valence-electron chi connectivity index (χ2n) is 4.86. The fourth-order valence-corrected chi connectivity index (χ4v) is 2.78. The smallest absolute Gasteiger partial charge is 0.261 e. The third-order valence-corrected chi connectivity index (χ3v) is 4.16. The van der Waals surface area contributed by atoms with Gasteiger partial charge in [-0.05, 0) is 30.9 Å². The van der Waals surface area contributed by atoms with Crippen molar-refractivity contribution in [2.45, 2.75) is 40.2 Å². The van der Waals surface area contributed by atoms with Crippen molar-refractivity contribution in [1.82, 2.24) is 5.32 Å². The number of nitrogens with two attached hydrogens (primary N) is 1. The first kappa shape index (κ1) is 15.7. The fourth-order valence-electron chi connectivity index (χ4n) is 1.83. The Kier molecular flexibility index (Phi) is 6.07. The zero-order valence-corrected chi connectivity index (χ0v) is 12.9. The SMILES string of the molecule is CCC(NC(=O)c1cc(C)c(C#CCN)s1)C(C)C. The Morgan fingerprint density at radius 1 is 1.53 bits per heavy atom. The van der Waals surface area contributed by atoms with Gasteiger partial charge in [0.05, 0.1) is 16.3 Å². The van der Waals surface area contributed by atoms with E-state index in [-0.39, 0.29) is 11.9 Å². The molecule has 4 heteroatoms. The molecule has 1 atom stereocenters. The van der Waals surface area contributed by atoms with E-state index in [0.29, 0.717) is 12.5 Å². The number of hydrogen-bond acceptors (Lipinski definition) is 3. The van der Waals surface area contributed by atoms with Crippen LogP contribution in [0.2, 0.25) is 0 Å². The summed E-state index contributed by atoms with van der Waals surface area (Å²) in [5.41, 5.74) is 6.40. The zero-order chi connectivity index (χ0) is 14.4. The second kappa shape index (κ2) is 7.32. The maximum atomic E-state index is 12.2. The molecule has 1 amide bonds. The molecule has 0 aliphatic carbocycles. The molecule has 0 aliphatic heterocycles. The summed E-state index contributed by atoms with van der Waals surface area (Å²) in [6.45, 7) is 8.62. The van der Waals surface area contributed by atoms with E-state index in [1.165, 1.54) is 11.3 Å². The molecule has 0 fully saturated rings. The van der Waals surface area contributed by atoms with Crippen LogP contribution in [0.15, 0.2) is 6.07 Å². The molecule has 1 rings (SSSR count). The molecule has 0 aromatic carbocycles. The van der Waals surface area contributed by atoms with Gasteiger partial charge in [-0.2, -0.15) is 0 Å². The van der Waals surface area contributed by atoms with E-state index < -0.39 is 0 Å². The first-order chi connectivity index (χ1) is 8.99. The van der Waals surface area contributed by atoms with E-state index in [1.807, 2.05) is 13.0 Å². The van der Waals surface area contributed by atoms with E-state index in [1.54, 1.807) is 0 Å².